The van der Waals surface area contributed by atoms with Crippen molar-refractivity contribution in [2.45, 2.75) is 27.2 Å². The van der Waals surface area contributed by atoms with Crippen molar-refractivity contribution in [1.82, 2.24) is 10.6 Å². The first-order valence-electron chi connectivity index (χ1n) is 4.55. The Labute approximate surface area is 83.0 Å². The molecule has 0 saturated carbocycles. The molecule has 5 nitrogen and oxygen atoms in total. The van der Waals surface area contributed by atoms with Gasteiger partial charge in [-0.25, -0.2) is 0 Å². The van der Waals surface area contributed by atoms with E-state index in [1.807, 2.05) is 0 Å². The molecule has 1 heterocycles. The molecule has 0 aromatic rings. The third-order valence-corrected chi connectivity index (χ3v) is 1.80. The van der Waals surface area contributed by atoms with Gasteiger partial charge in [0.15, 0.2) is 0 Å². The largest absolute Gasteiger partial charge is 0.316 e. The van der Waals surface area contributed by atoms with Crippen LogP contribution in [-0.4, -0.2) is 24.3 Å². The van der Waals surface area contributed by atoms with Crippen molar-refractivity contribution < 1.29 is 9.59 Å². The summed E-state index contributed by atoms with van der Waals surface area (Å²) >= 11 is 0. The van der Waals surface area contributed by atoms with Crippen LogP contribution in [0.4, 0.5) is 0 Å². The maximum Gasteiger partial charge on any atom is 0.316 e. The fourth-order valence-electron chi connectivity index (χ4n) is 0.942. The topological polar surface area (TPSA) is 70.6 Å². The van der Waals surface area contributed by atoms with Crippen molar-refractivity contribution in [3.63, 3.8) is 0 Å². The fraction of sp³-hybridized carbons (Fsp3) is 0.667. The van der Waals surface area contributed by atoms with Crippen LogP contribution in [0.2, 0.25) is 0 Å². The van der Waals surface area contributed by atoms with Gasteiger partial charge >= 0.3 is 11.8 Å². The van der Waals surface area contributed by atoms with Crippen molar-refractivity contribution >= 4 is 17.8 Å². The van der Waals surface area contributed by atoms with Crippen LogP contribution in [0.5, 0.6) is 0 Å². The van der Waals surface area contributed by atoms with Crippen LogP contribution in [0.3, 0.4) is 0 Å². The summed E-state index contributed by atoms with van der Waals surface area (Å²) in [6.07, 6.45) is 0.905. The van der Waals surface area contributed by atoms with Gasteiger partial charge in [0.05, 0.1) is 0 Å². The molecule has 0 radical (unpaired) electrons. The zero-order valence-electron chi connectivity index (χ0n) is 8.68. The molecule has 0 aromatic heterocycles. The molecule has 2 amide bonds. The zero-order valence-corrected chi connectivity index (χ0v) is 8.68. The quantitative estimate of drug-likeness (QED) is 0.613. The summed E-state index contributed by atoms with van der Waals surface area (Å²) in [5.41, 5.74) is 0.205. The van der Waals surface area contributed by atoms with Gasteiger partial charge in [0.25, 0.3) is 0 Å². The number of hydrogen-bond donors (Lipinski definition) is 2. The third-order valence-electron chi connectivity index (χ3n) is 1.80. The van der Waals surface area contributed by atoms with E-state index in [4.69, 9.17) is 0 Å². The molecule has 0 aromatic carbocycles. The van der Waals surface area contributed by atoms with E-state index < -0.39 is 11.8 Å². The molecule has 5 heteroatoms. The molecule has 1 fully saturated rings. The molecule has 1 aliphatic rings. The monoisotopic (exact) mass is 197 g/mol. The fourth-order valence-corrected chi connectivity index (χ4v) is 0.942. The zero-order chi connectivity index (χ0) is 10.8. The van der Waals surface area contributed by atoms with Crippen LogP contribution in [0.15, 0.2) is 4.99 Å². The minimum absolute atomic E-state index is 0.205. The SMILES string of the molecule is CC(C)(C)CCN=C1NC(=O)C(=O)N1. The van der Waals surface area contributed by atoms with Gasteiger partial charge < -0.3 is 0 Å². The highest BCUT2D eigenvalue weighted by Gasteiger charge is 2.24. The normalized spacial score (nSPS) is 16.6. The van der Waals surface area contributed by atoms with E-state index in [0.29, 0.717) is 6.54 Å². The van der Waals surface area contributed by atoms with E-state index in [-0.39, 0.29) is 11.4 Å². The Kier molecular flexibility index (Phi) is 2.88. The smallest absolute Gasteiger partial charge is 0.288 e. The van der Waals surface area contributed by atoms with Gasteiger partial charge in [-0.15, -0.1) is 0 Å². The molecule has 0 aliphatic carbocycles. The lowest BCUT2D eigenvalue weighted by Gasteiger charge is -2.15. The number of amides is 2. The molecular weight excluding hydrogens is 182 g/mol. The van der Waals surface area contributed by atoms with Gasteiger partial charge in [0.2, 0.25) is 5.96 Å². The first kappa shape index (κ1) is 10.7. The Morgan fingerprint density at radius 2 is 1.64 bits per heavy atom. The Morgan fingerprint density at radius 3 is 2.07 bits per heavy atom. The number of carbonyl (C=O) groups is 2. The van der Waals surface area contributed by atoms with Crippen LogP contribution in [0, 0.1) is 5.41 Å². The minimum atomic E-state index is -0.639. The van der Waals surface area contributed by atoms with Crippen molar-refractivity contribution in [2.75, 3.05) is 6.54 Å². The van der Waals surface area contributed by atoms with E-state index in [9.17, 15) is 9.59 Å². The lowest BCUT2D eigenvalue weighted by atomic mass is 9.93. The maximum atomic E-state index is 10.7. The van der Waals surface area contributed by atoms with Crippen LogP contribution in [0.25, 0.3) is 0 Å². The van der Waals surface area contributed by atoms with Gasteiger partial charge in [0, 0.05) is 6.54 Å². The molecule has 14 heavy (non-hydrogen) atoms. The van der Waals surface area contributed by atoms with Crippen LogP contribution in [0.1, 0.15) is 27.2 Å². The number of aliphatic imine (C=N–C) groups is 1. The molecule has 1 aliphatic heterocycles. The number of nitrogens with zero attached hydrogens (tertiary/aromatic N) is 1. The second-order valence-corrected chi connectivity index (χ2v) is 4.45. The molecule has 1 saturated heterocycles. The van der Waals surface area contributed by atoms with Crippen molar-refractivity contribution in [3.8, 4) is 0 Å². The Bertz CT molecular complexity index is 271. The van der Waals surface area contributed by atoms with E-state index in [1.54, 1.807) is 0 Å². The number of carbonyl (C=O) groups excluding carboxylic acids is 2. The maximum absolute atomic E-state index is 10.7. The van der Waals surface area contributed by atoms with Crippen molar-refractivity contribution in [1.29, 1.82) is 0 Å². The van der Waals surface area contributed by atoms with Gasteiger partial charge in [-0.3, -0.25) is 25.2 Å². The second-order valence-electron chi connectivity index (χ2n) is 4.45. The molecule has 1 rings (SSSR count). The summed E-state index contributed by atoms with van der Waals surface area (Å²) in [4.78, 5) is 25.5. The van der Waals surface area contributed by atoms with E-state index in [0.717, 1.165) is 6.42 Å². The third kappa shape index (κ3) is 3.16. The molecule has 0 bridgehead atoms. The van der Waals surface area contributed by atoms with Crippen LogP contribution in [-0.2, 0) is 9.59 Å². The number of rotatable bonds is 2. The molecule has 0 atom stereocenters. The first-order valence-corrected chi connectivity index (χ1v) is 4.55. The van der Waals surface area contributed by atoms with E-state index in [2.05, 4.69) is 36.4 Å². The van der Waals surface area contributed by atoms with Gasteiger partial charge in [-0.1, -0.05) is 20.8 Å². The highest BCUT2D eigenvalue weighted by atomic mass is 16.2. The lowest BCUT2D eigenvalue weighted by molar-refractivity contribution is -0.135. The summed E-state index contributed by atoms with van der Waals surface area (Å²) in [6.45, 7) is 6.93. The molecule has 2 N–H and O–H groups in total. The Morgan fingerprint density at radius 1 is 1.14 bits per heavy atom. The summed E-state index contributed by atoms with van der Waals surface area (Å²) < 4.78 is 0. The molecule has 0 spiro atoms. The summed E-state index contributed by atoms with van der Waals surface area (Å²) in [6, 6.07) is 0. The summed E-state index contributed by atoms with van der Waals surface area (Å²) in [5.74, 6) is -1.01. The average Bonchev–Trinajstić information content (AvgIpc) is 2.28. The molecular formula is C9H15N3O2. The Balaban J connectivity index is 2.40. The Hall–Kier alpha value is -1.39. The van der Waals surface area contributed by atoms with E-state index >= 15 is 0 Å². The highest BCUT2D eigenvalue weighted by Crippen LogP contribution is 2.17. The number of nitrogens with one attached hydrogen (secondary N) is 2. The van der Waals surface area contributed by atoms with Crippen molar-refractivity contribution in [3.05, 3.63) is 0 Å². The first-order chi connectivity index (χ1) is 6.38. The van der Waals surface area contributed by atoms with E-state index in [1.165, 1.54) is 0 Å². The van der Waals surface area contributed by atoms with Crippen molar-refractivity contribution in [2.24, 2.45) is 10.4 Å². The van der Waals surface area contributed by atoms with Crippen LogP contribution < -0.4 is 10.6 Å². The predicted molar refractivity (Wildman–Crippen MR) is 52.7 cm³/mol. The summed E-state index contributed by atoms with van der Waals surface area (Å²) in [7, 11) is 0. The van der Waals surface area contributed by atoms with Gasteiger partial charge in [0.1, 0.15) is 0 Å². The van der Waals surface area contributed by atoms with Crippen LogP contribution >= 0.6 is 0 Å². The molecule has 78 valence electrons. The highest BCUT2D eigenvalue weighted by molar-refractivity contribution is 6.45. The lowest BCUT2D eigenvalue weighted by Crippen LogP contribution is -2.26. The second kappa shape index (κ2) is 3.77. The van der Waals surface area contributed by atoms with Gasteiger partial charge in [-0.05, 0) is 11.8 Å². The standard InChI is InChI=1S/C9H15N3O2/c1-9(2,3)4-5-10-8-11-6(13)7(14)12-8/h4-5H2,1-3H3,(H2,10,11,12,13,14). The molecule has 0 unspecified atom stereocenters. The number of hydrogen-bond acceptors (Lipinski definition) is 3. The number of guanidine groups is 1. The van der Waals surface area contributed by atoms with Gasteiger partial charge in [-0.2, -0.15) is 0 Å². The minimum Gasteiger partial charge on any atom is -0.288 e. The summed E-state index contributed by atoms with van der Waals surface area (Å²) in [5, 5.41) is 4.68. The predicted octanol–water partition coefficient (Wildman–Crippen LogP) is 0.0246. The average molecular weight is 197 g/mol.